The minimum Gasteiger partial charge on any atom is -0.388 e. The molecule has 0 fully saturated rings. The van der Waals surface area contributed by atoms with E-state index in [1.165, 1.54) is 16.7 Å². The van der Waals surface area contributed by atoms with E-state index >= 15 is 0 Å². The number of hydrogen-bond donors (Lipinski definition) is 2. The molecular weight excluding hydrogens is 358 g/mol. The van der Waals surface area contributed by atoms with Gasteiger partial charge in [-0.15, -0.1) is 0 Å². The van der Waals surface area contributed by atoms with Gasteiger partial charge in [-0.05, 0) is 65.1 Å². The van der Waals surface area contributed by atoms with Crippen LogP contribution in [0.25, 0.3) is 6.08 Å². The maximum absolute atomic E-state index is 11.0. The fourth-order valence-corrected chi connectivity index (χ4v) is 4.14. The number of aliphatic hydroxyl groups is 1. The van der Waals surface area contributed by atoms with Gasteiger partial charge in [0.05, 0.1) is 6.10 Å². The number of carbonyl (C=O) groups excluding carboxylic acids is 1. The molecule has 0 spiro atoms. The number of hydrogen-bond acceptors (Lipinski definition) is 2. The summed E-state index contributed by atoms with van der Waals surface area (Å²) in [5, 5.41) is 10.4. The fraction of sp³-hybridized carbons (Fsp3) is 0.192. The van der Waals surface area contributed by atoms with Crippen LogP contribution in [0.3, 0.4) is 0 Å². The zero-order valence-corrected chi connectivity index (χ0v) is 16.3. The van der Waals surface area contributed by atoms with Crippen LogP contribution in [0.2, 0.25) is 0 Å². The van der Waals surface area contributed by atoms with E-state index in [9.17, 15) is 9.90 Å². The number of rotatable bonds is 3. The van der Waals surface area contributed by atoms with Crippen molar-refractivity contribution in [3.05, 3.63) is 112 Å². The van der Waals surface area contributed by atoms with Crippen molar-refractivity contribution < 1.29 is 9.90 Å². The van der Waals surface area contributed by atoms with Crippen LogP contribution in [-0.4, -0.2) is 11.0 Å². The summed E-state index contributed by atoms with van der Waals surface area (Å²) in [7, 11) is 0. The number of benzene rings is 3. The lowest BCUT2D eigenvalue weighted by Crippen LogP contribution is -2.12. The van der Waals surface area contributed by atoms with Gasteiger partial charge in [-0.25, -0.2) is 0 Å². The Morgan fingerprint density at radius 2 is 1.62 bits per heavy atom. The van der Waals surface area contributed by atoms with E-state index in [-0.39, 0.29) is 5.92 Å². The van der Waals surface area contributed by atoms with Gasteiger partial charge in [-0.3, -0.25) is 4.79 Å². The summed E-state index contributed by atoms with van der Waals surface area (Å²) in [4.78, 5) is 11.0. The minimum absolute atomic E-state index is 0.201. The Morgan fingerprint density at radius 3 is 2.31 bits per heavy atom. The van der Waals surface area contributed by atoms with Crippen LogP contribution in [-0.2, 0) is 19.3 Å². The topological polar surface area (TPSA) is 63.3 Å². The van der Waals surface area contributed by atoms with Crippen molar-refractivity contribution in [2.75, 3.05) is 0 Å². The Morgan fingerprint density at radius 1 is 0.931 bits per heavy atom. The molecule has 146 valence electrons. The molecule has 0 radical (unpaired) electrons. The summed E-state index contributed by atoms with van der Waals surface area (Å²) in [6, 6.07) is 23.9. The summed E-state index contributed by atoms with van der Waals surface area (Å²) < 4.78 is 0. The Balaban J connectivity index is 0.000000188. The predicted molar refractivity (Wildman–Crippen MR) is 116 cm³/mol. The van der Waals surface area contributed by atoms with Gasteiger partial charge in [-0.1, -0.05) is 72.8 Å². The Labute approximate surface area is 171 Å². The second-order valence-electron chi connectivity index (χ2n) is 7.68. The summed E-state index contributed by atoms with van der Waals surface area (Å²) in [6.07, 6.45) is 6.79. The molecule has 3 N–H and O–H groups in total. The minimum atomic E-state index is -0.412. The first-order valence-corrected chi connectivity index (χ1v) is 10.0. The Bertz CT molecular complexity index is 1040. The highest BCUT2D eigenvalue weighted by molar-refractivity contribution is 5.92. The molecule has 2 aliphatic rings. The van der Waals surface area contributed by atoms with Gasteiger partial charge in [0.25, 0.3) is 0 Å². The molecule has 2 aliphatic carbocycles. The van der Waals surface area contributed by atoms with Crippen molar-refractivity contribution >= 4 is 12.0 Å². The number of nitrogens with two attached hydrogens (primary N) is 1. The molecule has 0 saturated carbocycles. The number of allylic oxidation sites excluding steroid dienone is 1. The number of primary amides is 1. The zero-order chi connectivity index (χ0) is 20.2. The maximum Gasteiger partial charge on any atom is 0.248 e. The number of carbonyl (C=O) groups is 1. The van der Waals surface area contributed by atoms with Crippen LogP contribution in [0.5, 0.6) is 0 Å². The fourth-order valence-electron chi connectivity index (χ4n) is 4.14. The summed E-state index contributed by atoms with van der Waals surface area (Å²) in [6.45, 7) is 0. The van der Waals surface area contributed by atoms with E-state index < -0.39 is 12.0 Å². The van der Waals surface area contributed by atoms with E-state index in [4.69, 9.17) is 5.73 Å². The van der Waals surface area contributed by atoms with Crippen LogP contribution < -0.4 is 5.73 Å². The first-order chi connectivity index (χ1) is 14.1. The van der Waals surface area contributed by atoms with Gasteiger partial charge in [0.15, 0.2) is 0 Å². The highest BCUT2D eigenvalue weighted by atomic mass is 16.3. The molecule has 0 aromatic heterocycles. The van der Waals surface area contributed by atoms with Gasteiger partial charge < -0.3 is 10.8 Å². The summed E-state index contributed by atoms with van der Waals surface area (Å²) >= 11 is 0. The molecule has 0 heterocycles. The molecular formula is C26H25NO2. The average molecular weight is 383 g/mol. The standard InChI is InChI=1S/C17H17NO2.C9H8/c18-17(20)12-7-5-11(6-8-12)9-14-10-13-3-1-2-4-15(13)16(14)19;1-2-5-9-7-3-6-8(9)4-1/h1-8,14,16,19H,9-10H2,(H2,18,20);1-6H,7H2/t14-,16-;/m1./s1. The van der Waals surface area contributed by atoms with Crippen LogP contribution in [0.1, 0.15) is 44.3 Å². The Hall–Kier alpha value is -3.17. The van der Waals surface area contributed by atoms with E-state index in [0.29, 0.717) is 5.56 Å². The first kappa shape index (κ1) is 19.2. The lowest BCUT2D eigenvalue weighted by Gasteiger charge is -2.15. The second kappa shape index (κ2) is 8.46. The molecule has 3 heteroatoms. The summed E-state index contributed by atoms with van der Waals surface area (Å²) in [5.41, 5.74) is 12.0. The van der Waals surface area contributed by atoms with Crippen molar-refractivity contribution in [3.8, 4) is 0 Å². The predicted octanol–water partition coefficient (Wildman–Crippen LogP) is 4.49. The van der Waals surface area contributed by atoms with Crippen LogP contribution >= 0.6 is 0 Å². The first-order valence-electron chi connectivity index (χ1n) is 10.0. The average Bonchev–Trinajstić information content (AvgIpc) is 3.34. The molecule has 3 aromatic carbocycles. The number of fused-ring (bicyclic) bond motifs is 2. The third-order valence-electron chi connectivity index (χ3n) is 5.73. The second-order valence-corrected chi connectivity index (χ2v) is 7.68. The van der Waals surface area contributed by atoms with E-state index in [2.05, 4.69) is 42.5 Å². The summed E-state index contributed by atoms with van der Waals surface area (Å²) in [5.74, 6) is -0.211. The monoisotopic (exact) mass is 383 g/mol. The van der Waals surface area contributed by atoms with Gasteiger partial charge >= 0.3 is 0 Å². The quantitative estimate of drug-likeness (QED) is 0.700. The van der Waals surface area contributed by atoms with Crippen molar-refractivity contribution in [1.82, 2.24) is 0 Å². The molecule has 2 atom stereocenters. The van der Waals surface area contributed by atoms with Crippen molar-refractivity contribution in [2.24, 2.45) is 11.7 Å². The van der Waals surface area contributed by atoms with Gasteiger partial charge in [0.2, 0.25) is 5.91 Å². The third-order valence-corrected chi connectivity index (χ3v) is 5.73. The Kier molecular flexibility index (Phi) is 5.59. The molecule has 0 bridgehead atoms. The smallest absolute Gasteiger partial charge is 0.248 e. The highest BCUT2D eigenvalue weighted by Crippen LogP contribution is 2.37. The van der Waals surface area contributed by atoms with Crippen LogP contribution in [0.4, 0.5) is 0 Å². The third kappa shape index (κ3) is 4.30. The van der Waals surface area contributed by atoms with Crippen molar-refractivity contribution in [2.45, 2.75) is 25.4 Å². The molecule has 3 nitrogen and oxygen atoms in total. The van der Waals surface area contributed by atoms with Crippen molar-refractivity contribution in [1.29, 1.82) is 0 Å². The normalized spacial score (nSPS) is 18.5. The van der Waals surface area contributed by atoms with E-state index in [1.54, 1.807) is 12.1 Å². The van der Waals surface area contributed by atoms with Gasteiger partial charge in [0.1, 0.15) is 0 Å². The highest BCUT2D eigenvalue weighted by Gasteiger charge is 2.30. The SMILES string of the molecule is C1=Cc2ccccc2C1.NC(=O)c1ccc(C[C@@H]2Cc3ccccc3[C@@H]2O)cc1. The number of amides is 1. The zero-order valence-electron chi connectivity index (χ0n) is 16.3. The number of aliphatic hydroxyl groups excluding tert-OH is 1. The van der Waals surface area contributed by atoms with Gasteiger partial charge in [0, 0.05) is 5.56 Å². The lowest BCUT2D eigenvalue weighted by molar-refractivity contribution is 0.1000. The molecule has 3 aromatic rings. The molecule has 0 aliphatic heterocycles. The van der Waals surface area contributed by atoms with Gasteiger partial charge in [-0.2, -0.15) is 0 Å². The molecule has 0 saturated heterocycles. The van der Waals surface area contributed by atoms with E-state index in [0.717, 1.165) is 30.4 Å². The maximum atomic E-state index is 11.0. The van der Waals surface area contributed by atoms with Crippen molar-refractivity contribution in [3.63, 3.8) is 0 Å². The largest absolute Gasteiger partial charge is 0.388 e. The molecule has 29 heavy (non-hydrogen) atoms. The molecule has 0 unspecified atom stereocenters. The molecule has 1 amide bonds. The lowest BCUT2D eigenvalue weighted by atomic mass is 9.94. The van der Waals surface area contributed by atoms with Crippen LogP contribution in [0, 0.1) is 5.92 Å². The van der Waals surface area contributed by atoms with Crippen LogP contribution in [0.15, 0.2) is 78.9 Å². The van der Waals surface area contributed by atoms with E-state index in [1.807, 2.05) is 30.3 Å². The molecule has 5 rings (SSSR count).